The summed E-state index contributed by atoms with van der Waals surface area (Å²) in [6, 6.07) is 5.04. The number of hydrogen-bond acceptors (Lipinski definition) is 5. The van der Waals surface area contributed by atoms with E-state index in [4.69, 9.17) is 4.74 Å². The van der Waals surface area contributed by atoms with Gasteiger partial charge in [-0.15, -0.1) is 0 Å². The molecule has 2 fully saturated rings. The highest BCUT2D eigenvalue weighted by Crippen LogP contribution is 2.22. The van der Waals surface area contributed by atoms with Gasteiger partial charge in [-0.05, 0) is 36.3 Å². The highest BCUT2D eigenvalue weighted by atomic mass is 16.5. The van der Waals surface area contributed by atoms with Crippen molar-refractivity contribution in [2.75, 3.05) is 31.2 Å². The van der Waals surface area contributed by atoms with Gasteiger partial charge in [0.1, 0.15) is 5.57 Å². The second-order valence-electron chi connectivity index (χ2n) is 5.44. The van der Waals surface area contributed by atoms with Gasteiger partial charge in [0.2, 0.25) is 0 Å². The number of urea groups is 1. The van der Waals surface area contributed by atoms with Gasteiger partial charge < -0.3 is 9.64 Å². The highest BCUT2D eigenvalue weighted by Gasteiger charge is 2.27. The van der Waals surface area contributed by atoms with Gasteiger partial charge in [0.05, 0.1) is 13.2 Å². The predicted octanol–water partition coefficient (Wildman–Crippen LogP) is 0.581. The van der Waals surface area contributed by atoms with E-state index in [1.54, 1.807) is 0 Å². The van der Waals surface area contributed by atoms with E-state index in [9.17, 15) is 14.4 Å². The SMILES string of the molecule is Cc1cc(N2CCOCC2)ccc1C=C1C(=O)NC(=O)NC1=O. The molecule has 120 valence electrons. The van der Waals surface area contributed by atoms with Crippen molar-refractivity contribution in [2.24, 2.45) is 0 Å². The van der Waals surface area contributed by atoms with E-state index < -0.39 is 17.8 Å². The molecular weight excluding hydrogens is 298 g/mol. The molecule has 0 bridgehead atoms. The number of nitrogens with one attached hydrogen (secondary N) is 2. The lowest BCUT2D eigenvalue weighted by atomic mass is 10.0. The van der Waals surface area contributed by atoms with Crippen molar-refractivity contribution in [3.8, 4) is 0 Å². The Morgan fingerprint density at radius 3 is 2.35 bits per heavy atom. The van der Waals surface area contributed by atoms with Crippen LogP contribution in [0.3, 0.4) is 0 Å². The summed E-state index contributed by atoms with van der Waals surface area (Å²) in [4.78, 5) is 36.8. The second kappa shape index (κ2) is 6.21. The Morgan fingerprint density at radius 1 is 1.09 bits per heavy atom. The molecule has 1 aromatic rings. The molecule has 0 spiro atoms. The van der Waals surface area contributed by atoms with Crippen LogP contribution in [0.25, 0.3) is 6.08 Å². The van der Waals surface area contributed by atoms with Crippen molar-refractivity contribution in [1.82, 2.24) is 10.6 Å². The van der Waals surface area contributed by atoms with Crippen LogP contribution < -0.4 is 15.5 Å². The molecule has 2 N–H and O–H groups in total. The van der Waals surface area contributed by atoms with Gasteiger partial charge in [-0.1, -0.05) is 6.07 Å². The number of morpholine rings is 1. The maximum atomic E-state index is 11.8. The van der Waals surface area contributed by atoms with E-state index in [0.29, 0.717) is 13.2 Å². The molecule has 0 saturated carbocycles. The second-order valence-corrected chi connectivity index (χ2v) is 5.44. The summed E-state index contributed by atoms with van der Waals surface area (Å²) in [6.45, 7) is 5.01. The fourth-order valence-corrected chi connectivity index (χ4v) is 2.60. The van der Waals surface area contributed by atoms with E-state index >= 15 is 0 Å². The van der Waals surface area contributed by atoms with E-state index in [1.165, 1.54) is 6.08 Å². The summed E-state index contributed by atoms with van der Waals surface area (Å²) in [5.41, 5.74) is 2.71. The minimum absolute atomic E-state index is 0.0770. The minimum Gasteiger partial charge on any atom is -0.378 e. The van der Waals surface area contributed by atoms with Crippen molar-refractivity contribution in [1.29, 1.82) is 0 Å². The summed E-state index contributed by atoms with van der Waals surface area (Å²) in [5, 5.41) is 4.12. The standard InChI is InChI=1S/C16H17N3O4/c1-10-8-12(19-4-6-23-7-5-19)3-2-11(10)9-13-14(20)17-16(22)18-15(13)21/h2-3,8-9H,4-7H2,1H3,(H2,17,18,20,21,22). The maximum Gasteiger partial charge on any atom is 0.328 e. The average Bonchev–Trinajstić information content (AvgIpc) is 2.53. The Hall–Kier alpha value is -2.67. The van der Waals surface area contributed by atoms with Crippen molar-refractivity contribution < 1.29 is 19.1 Å². The molecule has 7 heteroatoms. The third-order valence-electron chi connectivity index (χ3n) is 3.87. The number of hydrogen-bond donors (Lipinski definition) is 2. The summed E-state index contributed by atoms with van der Waals surface area (Å²) in [7, 11) is 0. The number of carbonyl (C=O) groups excluding carboxylic acids is 3. The molecule has 2 aliphatic rings. The van der Waals surface area contributed by atoms with Crippen molar-refractivity contribution >= 4 is 29.6 Å². The molecule has 0 aliphatic carbocycles. The normalized spacial score (nSPS) is 18.6. The van der Waals surface area contributed by atoms with Gasteiger partial charge in [0, 0.05) is 18.8 Å². The molecule has 4 amide bonds. The number of barbiturate groups is 1. The molecule has 3 rings (SSSR count). The fraction of sp³-hybridized carbons (Fsp3) is 0.312. The summed E-state index contributed by atoms with van der Waals surface area (Å²) >= 11 is 0. The van der Waals surface area contributed by atoms with Crippen LogP contribution in [0.1, 0.15) is 11.1 Å². The molecule has 0 radical (unpaired) electrons. The molecule has 2 aliphatic heterocycles. The van der Waals surface area contributed by atoms with Gasteiger partial charge in [0.15, 0.2) is 0 Å². The number of anilines is 1. The van der Waals surface area contributed by atoms with E-state index in [2.05, 4.69) is 15.5 Å². The van der Waals surface area contributed by atoms with Gasteiger partial charge >= 0.3 is 6.03 Å². The van der Waals surface area contributed by atoms with Crippen LogP contribution >= 0.6 is 0 Å². The highest BCUT2D eigenvalue weighted by molar-refractivity contribution is 6.31. The first kappa shape index (κ1) is 15.2. The Morgan fingerprint density at radius 2 is 1.74 bits per heavy atom. The van der Waals surface area contributed by atoms with E-state index in [-0.39, 0.29) is 5.57 Å². The lowest BCUT2D eigenvalue weighted by Gasteiger charge is -2.29. The Labute approximate surface area is 133 Å². The minimum atomic E-state index is -0.795. The first-order chi connectivity index (χ1) is 11.0. The summed E-state index contributed by atoms with van der Waals surface area (Å²) in [6.07, 6.45) is 1.50. The van der Waals surface area contributed by atoms with Gasteiger partial charge in [-0.25, -0.2) is 4.79 Å². The average molecular weight is 315 g/mol. The van der Waals surface area contributed by atoms with Crippen molar-refractivity contribution in [3.63, 3.8) is 0 Å². The Balaban J connectivity index is 1.86. The molecule has 7 nitrogen and oxygen atoms in total. The maximum absolute atomic E-state index is 11.8. The van der Waals surface area contributed by atoms with Crippen LogP contribution in [0.5, 0.6) is 0 Å². The van der Waals surface area contributed by atoms with Crippen LogP contribution in [-0.2, 0) is 14.3 Å². The number of benzene rings is 1. The van der Waals surface area contributed by atoms with Gasteiger partial charge in [-0.3, -0.25) is 20.2 Å². The zero-order chi connectivity index (χ0) is 16.4. The fourth-order valence-electron chi connectivity index (χ4n) is 2.60. The molecule has 0 unspecified atom stereocenters. The third-order valence-corrected chi connectivity index (χ3v) is 3.87. The third kappa shape index (κ3) is 3.24. The zero-order valence-electron chi connectivity index (χ0n) is 12.7. The van der Waals surface area contributed by atoms with Crippen molar-refractivity contribution in [3.05, 3.63) is 34.9 Å². The first-order valence-corrected chi connectivity index (χ1v) is 7.36. The molecule has 0 atom stereocenters. The quantitative estimate of drug-likeness (QED) is 0.616. The summed E-state index contributed by atoms with van der Waals surface area (Å²) in [5.74, 6) is -1.37. The van der Waals surface area contributed by atoms with Crippen LogP contribution in [0.15, 0.2) is 23.8 Å². The molecule has 23 heavy (non-hydrogen) atoms. The van der Waals surface area contributed by atoms with Gasteiger partial charge in [0.25, 0.3) is 11.8 Å². The summed E-state index contributed by atoms with van der Waals surface area (Å²) < 4.78 is 5.34. The smallest absolute Gasteiger partial charge is 0.328 e. The molecule has 1 aromatic carbocycles. The molecule has 2 saturated heterocycles. The molecular formula is C16H17N3O4. The lowest BCUT2D eigenvalue weighted by Crippen LogP contribution is -2.51. The largest absolute Gasteiger partial charge is 0.378 e. The molecule has 0 aromatic heterocycles. The Kier molecular flexibility index (Phi) is 4.12. The number of amides is 4. The lowest BCUT2D eigenvalue weighted by molar-refractivity contribution is -0.123. The van der Waals surface area contributed by atoms with Crippen LogP contribution in [0.2, 0.25) is 0 Å². The van der Waals surface area contributed by atoms with E-state index in [1.807, 2.05) is 25.1 Å². The Bertz CT molecular complexity index is 683. The van der Waals surface area contributed by atoms with E-state index in [0.717, 1.165) is 29.9 Å². The monoisotopic (exact) mass is 315 g/mol. The van der Waals surface area contributed by atoms with Crippen LogP contribution in [0, 0.1) is 6.92 Å². The number of aryl methyl sites for hydroxylation is 1. The van der Waals surface area contributed by atoms with Crippen molar-refractivity contribution in [2.45, 2.75) is 6.92 Å². The van der Waals surface area contributed by atoms with Crippen LogP contribution in [-0.4, -0.2) is 44.1 Å². The van der Waals surface area contributed by atoms with Gasteiger partial charge in [-0.2, -0.15) is 0 Å². The number of rotatable bonds is 2. The zero-order valence-corrected chi connectivity index (χ0v) is 12.7. The first-order valence-electron chi connectivity index (χ1n) is 7.36. The number of imide groups is 2. The number of nitrogens with zero attached hydrogens (tertiary/aromatic N) is 1. The van der Waals surface area contributed by atoms with Crippen LogP contribution in [0.4, 0.5) is 10.5 Å². The molecule has 2 heterocycles. The predicted molar refractivity (Wildman–Crippen MR) is 83.9 cm³/mol. The number of ether oxygens (including phenoxy) is 1. The topological polar surface area (TPSA) is 87.7 Å². The number of carbonyl (C=O) groups is 3.